The monoisotopic (exact) mass is 337 g/mol. The normalized spacial score (nSPS) is 13.6. The van der Waals surface area contributed by atoms with E-state index in [1.165, 1.54) is 22.7 Å². The minimum absolute atomic E-state index is 0.178. The Hall–Kier alpha value is -2.80. The van der Waals surface area contributed by atoms with Crippen LogP contribution in [0.1, 0.15) is 16.7 Å². The van der Waals surface area contributed by atoms with Gasteiger partial charge in [0.25, 0.3) is 0 Å². The highest BCUT2D eigenvalue weighted by Crippen LogP contribution is 2.31. The first-order valence-corrected chi connectivity index (χ1v) is 8.32. The fourth-order valence-corrected chi connectivity index (χ4v) is 3.33. The number of anilines is 2. The molecule has 0 saturated carbocycles. The molecule has 3 heterocycles. The molecule has 4 rings (SSSR count). The third-order valence-corrected chi connectivity index (χ3v) is 4.86. The maximum absolute atomic E-state index is 12.4. The Bertz CT molecular complexity index is 922. The van der Waals surface area contributed by atoms with E-state index >= 15 is 0 Å². The summed E-state index contributed by atoms with van der Waals surface area (Å²) in [6.45, 7) is 4.61. The molecule has 0 unspecified atom stereocenters. The third-order valence-electron chi connectivity index (χ3n) is 4.12. The zero-order chi connectivity index (χ0) is 16.7. The van der Waals surface area contributed by atoms with Crippen molar-refractivity contribution < 1.29 is 4.79 Å². The number of urea groups is 1. The second kappa shape index (κ2) is 5.68. The molecule has 0 saturated heterocycles. The number of pyridine rings is 1. The lowest BCUT2D eigenvalue weighted by molar-refractivity contribution is 0.256. The summed E-state index contributed by atoms with van der Waals surface area (Å²) in [5.74, 6) is 0.607. The number of fused-ring (bicyclic) bond motifs is 1. The quantitative estimate of drug-likeness (QED) is 0.773. The van der Waals surface area contributed by atoms with Crippen LogP contribution in [0.3, 0.4) is 0 Å². The van der Waals surface area contributed by atoms with Gasteiger partial charge >= 0.3 is 6.03 Å². The fraction of sp³-hybridized carbons (Fsp3) is 0.176. The van der Waals surface area contributed by atoms with Crippen LogP contribution < -0.4 is 10.2 Å². The number of carbonyl (C=O) groups excluding carboxylic acids is 1. The van der Waals surface area contributed by atoms with Gasteiger partial charge in [-0.05, 0) is 48.7 Å². The van der Waals surface area contributed by atoms with E-state index in [-0.39, 0.29) is 6.03 Å². The Morgan fingerprint density at radius 3 is 2.71 bits per heavy atom. The van der Waals surface area contributed by atoms with Crippen LogP contribution in [0.2, 0.25) is 0 Å². The van der Waals surface area contributed by atoms with Gasteiger partial charge in [0.05, 0.1) is 6.54 Å². The standard InChI is InChI=1S/C17H15N5OS/c1-10-7-13-9-22(16(23)19-14(13)8-11(10)2)17-20-15(21-24-17)12-3-5-18-6-4-12/h3-8H,9H2,1-2H3,(H,19,23). The molecule has 0 radical (unpaired) electrons. The second-order valence-electron chi connectivity index (χ2n) is 5.75. The zero-order valence-corrected chi connectivity index (χ0v) is 14.1. The predicted octanol–water partition coefficient (Wildman–Crippen LogP) is 3.77. The smallest absolute Gasteiger partial charge is 0.307 e. The molecule has 0 atom stereocenters. The maximum atomic E-state index is 12.4. The average molecular weight is 337 g/mol. The lowest BCUT2D eigenvalue weighted by Gasteiger charge is -2.27. The zero-order valence-electron chi connectivity index (χ0n) is 13.3. The van der Waals surface area contributed by atoms with Gasteiger partial charge in [-0.3, -0.25) is 9.88 Å². The molecule has 24 heavy (non-hydrogen) atoms. The molecule has 1 aromatic carbocycles. The largest absolute Gasteiger partial charge is 0.328 e. The maximum Gasteiger partial charge on any atom is 0.328 e. The van der Waals surface area contributed by atoms with Gasteiger partial charge in [0.15, 0.2) is 5.82 Å². The lowest BCUT2D eigenvalue weighted by atomic mass is 10.0. The number of aromatic nitrogens is 3. The summed E-state index contributed by atoms with van der Waals surface area (Å²) < 4.78 is 4.36. The molecule has 1 aliphatic heterocycles. The summed E-state index contributed by atoms with van der Waals surface area (Å²) in [5, 5.41) is 3.53. The molecule has 7 heteroatoms. The first-order chi connectivity index (χ1) is 11.6. The third kappa shape index (κ3) is 2.52. The summed E-state index contributed by atoms with van der Waals surface area (Å²) in [4.78, 5) is 22.6. The van der Waals surface area contributed by atoms with Gasteiger partial charge in [-0.2, -0.15) is 9.36 Å². The van der Waals surface area contributed by atoms with Crippen molar-refractivity contribution in [2.75, 3.05) is 10.2 Å². The molecule has 1 N–H and O–H groups in total. The van der Waals surface area contributed by atoms with E-state index in [2.05, 4.69) is 32.6 Å². The van der Waals surface area contributed by atoms with Crippen LogP contribution in [0.4, 0.5) is 15.6 Å². The van der Waals surface area contributed by atoms with Crippen LogP contribution in [0.15, 0.2) is 36.7 Å². The van der Waals surface area contributed by atoms with Crippen LogP contribution in [-0.2, 0) is 6.54 Å². The molecule has 2 aromatic heterocycles. The van der Waals surface area contributed by atoms with Crippen molar-refractivity contribution in [2.24, 2.45) is 0 Å². The number of hydrogen-bond acceptors (Lipinski definition) is 5. The summed E-state index contributed by atoms with van der Waals surface area (Å²) >= 11 is 1.22. The van der Waals surface area contributed by atoms with Crippen molar-refractivity contribution in [3.8, 4) is 11.4 Å². The molecule has 6 nitrogen and oxygen atoms in total. The van der Waals surface area contributed by atoms with Gasteiger partial charge in [0.1, 0.15) is 0 Å². The molecule has 120 valence electrons. The molecule has 2 amide bonds. The summed E-state index contributed by atoms with van der Waals surface area (Å²) in [5.41, 5.74) is 5.21. The van der Waals surface area contributed by atoms with E-state index in [0.717, 1.165) is 16.8 Å². The van der Waals surface area contributed by atoms with Gasteiger partial charge in [0, 0.05) is 35.2 Å². The molecule has 0 spiro atoms. The second-order valence-corrected chi connectivity index (χ2v) is 6.48. The Labute approximate surface area is 143 Å². The first kappa shape index (κ1) is 14.8. The molecule has 0 fully saturated rings. The highest BCUT2D eigenvalue weighted by molar-refractivity contribution is 7.10. The molecule has 3 aromatic rings. The van der Waals surface area contributed by atoms with E-state index < -0.39 is 0 Å². The van der Waals surface area contributed by atoms with Crippen molar-refractivity contribution in [3.05, 3.63) is 53.3 Å². The van der Waals surface area contributed by atoms with E-state index in [1.54, 1.807) is 17.3 Å². The highest BCUT2D eigenvalue weighted by Gasteiger charge is 2.27. The van der Waals surface area contributed by atoms with Crippen LogP contribution in [0.25, 0.3) is 11.4 Å². The van der Waals surface area contributed by atoms with Crippen LogP contribution in [0, 0.1) is 13.8 Å². The van der Waals surface area contributed by atoms with Gasteiger partial charge in [-0.25, -0.2) is 4.79 Å². The Balaban J connectivity index is 1.66. The van der Waals surface area contributed by atoms with Gasteiger partial charge < -0.3 is 5.32 Å². The molecule has 0 bridgehead atoms. The van der Waals surface area contributed by atoms with Crippen molar-refractivity contribution in [2.45, 2.75) is 20.4 Å². The van der Waals surface area contributed by atoms with Gasteiger partial charge in [-0.15, -0.1) is 0 Å². The number of amides is 2. The first-order valence-electron chi connectivity index (χ1n) is 7.54. The van der Waals surface area contributed by atoms with E-state index in [4.69, 9.17) is 0 Å². The number of carbonyl (C=O) groups is 1. The average Bonchev–Trinajstić information content (AvgIpc) is 3.06. The van der Waals surface area contributed by atoms with E-state index in [9.17, 15) is 4.79 Å². The fourth-order valence-electron chi connectivity index (χ4n) is 2.65. The number of nitrogens with zero attached hydrogens (tertiary/aromatic N) is 4. The topological polar surface area (TPSA) is 71.0 Å². The van der Waals surface area contributed by atoms with Crippen LogP contribution in [0.5, 0.6) is 0 Å². The van der Waals surface area contributed by atoms with E-state index in [0.29, 0.717) is 17.5 Å². The van der Waals surface area contributed by atoms with Crippen molar-refractivity contribution >= 4 is 28.4 Å². The van der Waals surface area contributed by atoms with Crippen molar-refractivity contribution in [1.29, 1.82) is 0 Å². The SMILES string of the molecule is Cc1cc2c(cc1C)NC(=O)N(c1nc(-c3ccncc3)ns1)C2. The molecular weight excluding hydrogens is 322 g/mol. The van der Waals surface area contributed by atoms with E-state index in [1.807, 2.05) is 25.1 Å². The minimum Gasteiger partial charge on any atom is -0.307 e. The summed E-state index contributed by atoms with van der Waals surface area (Å²) in [6, 6.07) is 7.65. The molecular formula is C17H15N5OS. The predicted molar refractivity (Wildman–Crippen MR) is 94.3 cm³/mol. The summed E-state index contributed by atoms with van der Waals surface area (Å²) in [6.07, 6.45) is 3.40. The summed E-state index contributed by atoms with van der Waals surface area (Å²) in [7, 11) is 0. The molecule has 1 aliphatic rings. The Morgan fingerprint density at radius 1 is 1.17 bits per heavy atom. The van der Waals surface area contributed by atoms with Crippen LogP contribution in [-0.4, -0.2) is 20.4 Å². The number of nitrogens with one attached hydrogen (secondary N) is 1. The van der Waals surface area contributed by atoms with Crippen LogP contribution >= 0.6 is 11.5 Å². The highest BCUT2D eigenvalue weighted by atomic mass is 32.1. The van der Waals surface area contributed by atoms with Crippen molar-refractivity contribution in [1.82, 2.24) is 14.3 Å². The number of benzene rings is 1. The Kier molecular flexibility index (Phi) is 3.50. The van der Waals surface area contributed by atoms with Crippen molar-refractivity contribution in [3.63, 3.8) is 0 Å². The molecule has 0 aliphatic carbocycles. The lowest BCUT2D eigenvalue weighted by Crippen LogP contribution is -2.38. The number of rotatable bonds is 2. The Morgan fingerprint density at radius 2 is 1.92 bits per heavy atom. The van der Waals surface area contributed by atoms with Gasteiger partial charge in [0.2, 0.25) is 5.13 Å². The minimum atomic E-state index is -0.178. The number of aryl methyl sites for hydroxylation is 2. The van der Waals surface area contributed by atoms with Gasteiger partial charge in [-0.1, -0.05) is 6.07 Å². The number of hydrogen-bond donors (Lipinski definition) is 1.